The lowest BCUT2D eigenvalue weighted by molar-refractivity contribution is -0.137. The Morgan fingerprint density at radius 3 is 2.75 bits per heavy atom. The summed E-state index contributed by atoms with van der Waals surface area (Å²) in [6.45, 7) is 4.67. The van der Waals surface area contributed by atoms with Crippen molar-refractivity contribution in [3.8, 4) is 11.4 Å². The van der Waals surface area contributed by atoms with Crippen molar-refractivity contribution in [2.45, 2.75) is 33.2 Å². The Bertz CT molecular complexity index is 918. The highest BCUT2D eigenvalue weighted by molar-refractivity contribution is 6.31. The average molecular weight is 344 g/mol. The number of rotatable bonds is 5. The van der Waals surface area contributed by atoms with Crippen LogP contribution in [0.5, 0.6) is 0 Å². The first kappa shape index (κ1) is 16.5. The number of aromatic nitrogens is 3. The molecule has 0 saturated heterocycles. The molecule has 3 rings (SSSR count). The largest absolute Gasteiger partial charge is 0.481 e. The van der Waals surface area contributed by atoms with E-state index in [4.69, 9.17) is 16.7 Å². The molecule has 0 radical (unpaired) electrons. The molecule has 0 fully saturated rings. The van der Waals surface area contributed by atoms with Crippen LogP contribution in [0.4, 0.5) is 0 Å². The summed E-state index contributed by atoms with van der Waals surface area (Å²) in [7, 11) is 0. The van der Waals surface area contributed by atoms with Gasteiger partial charge in [0.2, 0.25) is 0 Å². The maximum Gasteiger partial charge on any atom is 0.303 e. The molecule has 24 heavy (non-hydrogen) atoms. The van der Waals surface area contributed by atoms with Crippen molar-refractivity contribution < 1.29 is 9.90 Å². The number of fused-ring (bicyclic) bond motifs is 1. The van der Waals surface area contributed by atoms with Crippen molar-refractivity contribution in [3.63, 3.8) is 0 Å². The fourth-order valence-electron chi connectivity index (χ4n) is 2.69. The number of benzene rings is 1. The van der Waals surface area contributed by atoms with Gasteiger partial charge in [-0.1, -0.05) is 23.7 Å². The molecule has 0 bridgehead atoms. The minimum absolute atomic E-state index is 0.111. The smallest absolute Gasteiger partial charge is 0.303 e. The Morgan fingerprint density at radius 2 is 2.04 bits per heavy atom. The number of aliphatic carboxylic acids is 1. The van der Waals surface area contributed by atoms with Crippen LogP contribution in [0.2, 0.25) is 5.02 Å². The van der Waals surface area contributed by atoms with Crippen LogP contribution in [0, 0.1) is 13.8 Å². The molecule has 0 aliphatic rings. The van der Waals surface area contributed by atoms with Gasteiger partial charge in [0.1, 0.15) is 11.3 Å². The summed E-state index contributed by atoms with van der Waals surface area (Å²) in [5.41, 5.74) is 4.82. The molecular formula is C18H18ClN3O2. The van der Waals surface area contributed by atoms with E-state index >= 15 is 0 Å². The van der Waals surface area contributed by atoms with Crippen LogP contribution in [0.3, 0.4) is 0 Å². The number of halogens is 1. The van der Waals surface area contributed by atoms with Gasteiger partial charge in [0.25, 0.3) is 0 Å². The summed E-state index contributed by atoms with van der Waals surface area (Å²) in [5.74, 6) is -0.0172. The van der Waals surface area contributed by atoms with Crippen molar-refractivity contribution in [2.24, 2.45) is 0 Å². The molecule has 3 aromatic rings. The highest BCUT2D eigenvalue weighted by Gasteiger charge is 2.15. The number of carboxylic acid groups (broad SMARTS) is 1. The second-order valence-corrected chi connectivity index (χ2v) is 6.32. The molecule has 1 N–H and O–H groups in total. The third kappa shape index (κ3) is 3.26. The molecule has 0 aliphatic carbocycles. The predicted octanol–water partition coefficient (Wildman–Crippen LogP) is 4.23. The highest BCUT2D eigenvalue weighted by Crippen LogP contribution is 2.27. The predicted molar refractivity (Wildman–Crippen MR) is 94.3 cm³/mol. The third-order valence-corrected chi connectivity index (χ3v) is 4.30. The SMILES string of the molecule is Cc1ccc(-c2nc3cc(Cl)cnc3n2CCCC(=O)O)cc1C. The molecule has 0 unspecified atom stereocenters. The first-order valence-electron chi connectivity index (χ1n) is 7.77. The van der Waals surface area contributed by atoms with Crippen LogP contribution in [0.15, 0.2) is 30.5 Å². The van der Waals surface area contributed by atoms with E-state index in [9.17, 15) is 4.79 Å². The van der Waals surface area contributed by atoms with Gasteiger partial charge < -0.3 is 9.67 Å². The van der Waals surface area contributed by atoms with E-state index in [-0.39, 0.29) is 6.42 Å². The summed E-state index contributed by atoms with van der Waals surface area (Å²) in [6.07, 6.45) is 2.21. The fourth-order valence-corrected chi connectivity index (χ4v) is 2.84. The molecule has 124 valence electrons. The van der Waals surface area contributed by atoms with E-state index in [1.807, 2.05) is 10.6 Å². The van der Waals surface area contributed by atoms with E-state index in [1.54, 1.807) is 12.3 Å². The van der Waals surface area contributed by atoms with Gasteiger partial charge in [0.15, 0.2) is 5.65 Å². The van der Waals surface area contributed by atoms with Gasteiger partial charge in [-0.15, -0.1) is 0 Å². The molecule has 5 nitrogen and oxygen atoms in total. The van der Waals surface area contributed by atoms with E-state index in [0.29, 0.717) is 23.5 Å². The van der Waals surface area contributed by atoms with E-state index in [0.717, 1.165) is 17.0 Å². The van der Waals surface area contributed by atoms with Crippen LogP contribution in [0.25, 0.3) is 22.6 Å². The monoisotopic (exact) mass is 343 g/mol. The number of hydrogen-bond donors (Lipinski definition) is 1. The molecule has 0 aliphatic heterocycles. The van der Waals surface area contributed by atoms with Crippen LogP contribution in [-0.4, -0.2) is 25.6 Å². The minimum atomic E-state index is -0.803. The Balaban J connectivity index is 2.10. The van der Waals surface area contributed by atoms with Gasteiger partial charge in [-0.3, -0.25) is 4.79 Å². The van der Waals surface area contributed by atoms with Gasteiger partial charge in [-0.25, -0.2) is 9.97 Å². The van der Waals surface area contributed by atoms with Crippen molar-refractivity contribution in [2.75, 3.05) is 0 Å². The van der Waals surface area contributed by atoms with Crippen LogP contribution in [0.1, 0.15) is 24.0 Å². The lowest BCUT2D eigenvalue weighted by Gasteiger charge is -2.09. The summed E-state index contributed by atoms with van der Waals surface area (Å²) in [4.78, 5) is 19.9. The quantitative estimate of drug-likeness (QED) is 0.752. The second kappa shape index (κ2) is 6.61. The molecule has 0 saturated carbocycles. The Kier molecular flexibility index (Phi) is 4.53. The number of hydrogen-bond acceptors (Lipinski definition) is 3. The summed E-state index contributed by atoms with van der Waals surface area (Å²) in [6, 6.07) is 7.96. The highest BCUT2D eigenvalue weighted by atomic mass is 35.5. The maximum atomic E-state index is 10.8. The van der Waals surface area contributed by atoms with E-state index in [1.165, 1.54) is 11.1 Å². The maximum absolute atomic E-state index is 10.8. The zero-order valence-corrected chi connectivity index (χ0v) is 14.3. The van der Waals surface area contributed by atoms with E-state index < -0.39 is 5.97 Å². The summed E-state index contributed by atoms with van der Waals surface area (Å²) >= 11 is 6.03. The number of carboxylic acids is 1. The van der Waals surface area contributed by atoms with Gasteiger partial charge in [-0.2, -0.15) is 0 Å². The van der Waals surface area contributed by atoms with Crippen LogP contribution in [-0.2, 0) is 11.3 Å². The van der Waals surface area contributed by atoms with Gasteiger partial charge in [-0.05, 0) is 43.5 Å². The molecule has 0 spiro atoms. The number of pyridine rings is 1. The molecular weight excluding hydrogens is 326 g/mol. The molecule has 6 heteroatoms. The van der Waals surface area contributed by atoms with Crippen molar-refractivity contribution in [3.05, 3.63) is 46.6 Å². The zero-order chi connectivity index (χ0) is 17.3. The molecule has 2 aromatic heterocycles. The topological polar surface area (TPSA) is 68.0 Å². The number of nitrogens with zero attached hydrogens (tertiary/aromatic N) is 3. The van der Waals surface area contributed by atoms with Crippen LogP contribution < -0.4 is 0 Å². The van der Waals surface area contributed by atoms with Crippen LogP contribution >= 0.6 is 11.6 Å². The van der Waals surface area contributed by atoms with Gasteiger partial charge >= 0.3 is 5.97 Å². The van der Waals surface area contributed by atoms with Gasteiger partial charge in [0, 0.05) is 24.7 Å². The van der Waals surface area contributed by atoms with Crippen molar-refractivity contribution in [1.29, 1.82) is 0 Å². The van der Waals surface area contributed by atoms with E-state index in [2.05, 4.69) is 35.9 Å². The lowest BCUT2D eigenvalue weighted by Crippen LogP contribution is -2.04. The number of aryl methyl sites for hydroxylation is 3. The number of carbonyl (C=O) groups is 1. The Morgan fingerprint density at radius 1 is 1.25 bits per heavy atom. The minimum Gasteiger partial charge on any atom is -0.481 e. The molecule has 2 heterocycles. The zero-order valence-electron chi connectivity index (χ0n) is 13.6. The third-order valence-electron chi connectivity index (χ3n) is 4.09. The molecule has 0 amide bonds. The summed E-state index contributed by atoms with van der Waals surface area (Å²) in [5, 5.41) is 9.42. The molecule has 0 atom stereocenters. The second-order valence-electron chi connectivity index (χ2n) is 5.88. The fraction of sp³-hybridized carbons (Fsp3) is 0.278. The Hall–Kier alpha value is -2.40. The standard InChI is InChI=1S/C18H18ClN3O2/c1-11-5-6-13(8-12(11)2)17-21-15-9-14(19)10-20-18(15)22(17)7-3-4-16(23)24/h5-6,8-10H,3-4,7H2,1-2H3,(H,23,24). The Labute approximate surface area is 144 Å². The average Bonchev–Trinajstić information content (AvgIpc) is 2.87. The normalized spacial score (nSPS) is 11.1. The van der Waals surface area contributed by atoms with Crippen molar-refractivity contribution in [1.82, 2.24) is 14.5 Å². The first-order chi connectivity index (χ1) is 11.5. The first-order valence-corrected chi connectivity index (χ1v) is 8.14. The number of imidazole rings is 1. The van der Waals surface area contributed by atoms with Crippen molar-refractivity contribution >= 4 is 28.7 Å². The summed E-state index contributed by atoms with van der Waals surface area (Å²) < 4.78 is 1.97. The van der Waals surface area contributed by atoms with Gasteiger partial charge in [0.05, 0.1) is 5.02 Å². The molecule has 1 aromatic carbocycles. The lowest BCUT2D eigenvalue weighted by atomic mass is 10.1.